The van der Waals surface area contributed by atoms with Crippen LogP contribution in [0.3, 0.4) is 0 Å². The molecule has 0 heterocycles. The highest BCUT2D eigenvalue weighted by atomic mass is 16.1. The van der Waals surface area contributed by atoms with E-state index in [0.717, 1.165) is 17.5 Å². The van der Waals surface area contributed by atoms with Gasteiger partial charge in [0.1, 0.15) is 6.29 Å². The van der Waals surface area contributed by atoms with Gasteiger partial charge in [0.2, 0.25) is 0 Å². The van der Waals surface area contributed by atoms with Crippen molar-refractivity contribution in [2.45, 2.75) is 0 Å². The zero-order valence-corrected chi connectivity index (χ0v) is 6.95. The van der Waals surface area contributed by atoms with E-state index in [1.807, 2.05) is 31.3 Å². The van der Waals surface area contributed by atoms with E-state index in [4.69, 9.17) is 0 Å². The Bertz CT molecular complexity index is 274. The lowest BCUT2D eigenvalue weighted by atomic mass is 10.2. The van der Waals surface area contributed by atoms with Crippen LogP contribution in [0.4, 0.5) is 5.69 Å². The highest BCUT2D eigenvalue weighted by Crippen LogP contribution is 2.09. The van der Waals surface area contributed by atoms with Crippen LogP contribution in [0, 0.1) is 0 Å². The number of anilines is 1. The molecule has 12 heavy (non-hydrogen) atoms. The average molecular weight is 161 g/mol. The number of aldehydes is 1. The van der Waals surface area contributed by atoms with Crippen molar-refractivity contribution in [1.29, 1.82) is 0 Å². The summed E-state index contributed by atoms with van der Waals surface area (Å²) in [7, 11) is 1.87. The van der Waals surface area contributed by atoms with E-state index in [1.54, 1.807) is 6.08 Å². The Morgan fingerprint density at radius 1 is 1.25 bits per heavy atom. The van der Waals surface area contributed by atoms with E-state index in [2.05, 4.69) is 5.32 Å². The summed E-state index contributed by atoms with van der Waals surface area (Å²) in [5.74, 6) is 0. The van der Waals surface area contributed by atoms with Gasteiger partial charge in [0, 0.05) is 12.7 Å². The molecule has 2 nitrogen and oxygen atoms in total. The number of allylic oxidation sites excluding steroid dienone is 1. The Kier molecular flexibility index (Phi) is 3.08. The van der Waals surface area contributed by atoms with Crippen LogP contribution in [-0.4, -0.2) is 13.3 Å². The van der Waals surface area contributed by atoms with Crippen molar-refractivity contribution in [2.75, 3.05) is 12.4 Å². The first-order chi connectivity index (χ1) is 5.86. The second-order valence-electron chi connectivity index (χ2n) is 2.37. The molecular weight excluding hydrogens is 150 g/mol. The minimum atomic E-state index is 0.770. The molecule has 0 aliphatic heterocycles. The van der Waals surface area contributed by atoms with Gasteiger partial charge in [0.15, 0.2) is 0 Å². The fraction of sp³-hybridized carbons (Fsp3) is 0.100. The molecule has 0 aliphatic carbocycles. The summed E-state index contributed by atoms with van der Waals surface area (Å²) in [6.07, 6.45) is 4.02. The molecule has 1 N–H and O–H groups in total. The van der Waals surface area contributed by atoms with Crippen LogP contribution in [0.5, 0.6) is 0 Å². The van der Waals surface area contributed by atoms with Crippen molar-refractivity contribution in [3.05, 3.63) is 35.9 Å². The number of rotatable bonds is 3. The number of hydrogen-bond donors (Lipinski definition) is 1. The molecule has 62 valence electrons. The first-order valence-electron chi connectivity index (χ1n) is 3.76. The van der Waals surface area contributed by atoms with Crippen LogP contribution < -0.4 is 5.32 Å². The minimum Gasteiger partial charge on any atom is -0.388 e. The van der Waals surface area contributed by atoms with E-state index < -0.39 is 0 Å². The SMILES string of the molecule is CNc1ccc(C=CC=O)cc1. The molecule has 1 aromatic carbocycles. The minimum absolute atomic E-state index is 0.770. The van der Waals surface area contributed by atoms with Crippen molar-refractivity contribution in [1.82, 2.24) is 0 Å². The molecule has 0 saturated carbocycles. The zero-order valence-electron chi connectivity index (χ0n) is 6.95. The van der Waals surface area contributed by atoms with E-state index >= 15 is 0 Å². The van der Waals surface area contributed by atoms with Crippen LogP contribution in [-0.2, 0) is 4.79 Å². The Balaban J connectivity index is 2.77. The van der Waals surface area contributed by atoms with Gasteiger partial charge < -0.3 is 5.32 Å². The van der Waals surface area contributed by atoms with Crippen LogP contribution in [0.2, 0.25) is 0 Å². The molecule has 0 aliphatic rings. The smallest absolute Gasteiger partial charge is 0.142 e. The van der Waals surface area contributed by atoms with Crippen molar-refractivity contribution in [3.8, 4) is 0 Å². The maximum absolute atomic E-state index is 10.0. The van der Waals surface area contributed by atoms with Crippen molar-refractivity contribution in [2.24, 2.45) is 0 Å². The van der Waals surface area contributed by atoms with Gasteiger partial charge in [0.25, 0.3) is 0 Å². The standard InChI is InChI=1S/C10H11NO/c1-11-10-6-4-9(5-7-10)3-2-8-12/h2-8,11H,1H3. The molecular formula is C10H11NO. The van der Waals surface area contributed by atoms with Gasteiger partial charge in [-0.3, -0.25) is 4.79 Å². The molecule has 0 atom stereocenters. The fourth-order valence-electron chi connectivity index (χ4n) is 0.911. The predicted octanol–water partition coefficient (Wildman–Crippen LogP) is 1.94. The van der Waals surface area contributed by atoms with Gasteiger partial charge in [-0.15, -0.1) is 0 Å². The number of hydrogen-bond acceptors (Lipinski definition) is 2. The summed E-state index contributed by atoms with van der Waals surface area (Å²) in [6.45, 7) is 0. The third kappa shape index (κ3) is 2.23. The maximum Gasteiger partial charge on any atom is 0.142 e. The third-order valence-corrected chi connectivity index (χ3v) is 1.57. The quantitative estimate of drug-likeness (QED) is 0.542. The summed E-state index contributed by atoms with van der Waals surface area (Å²) in [5.41, 5.74) is 2.10. The number of carbonyl (C=O) groups is 1. The third-order valence-electron chi connectivity index (χ3n) is 1.57. The summed E-state index contributed by atoms with van der Waals surface area (Å²) in [6, 6.07) is 7.83. The molecule has 0 fully saturated rings. The monoisotopic (exact) mass is 161 g/mol. The molecule has 2 heteroatoms. The molecule has 0 aromatic heterocycles. The molecule has 0 amide bonds. The Morgan fingerprint density at radius 2 is 1.92 bits per heavy atom. The summed E-state index contributed by atoms with van der Waals surface area (Å²) in [5, 5.41) is 3.02. The largest absolute Gasteiger partial charge is 0.388 e. The lowest BCUT2D eigenvalue weighted by molar-refractivity contribution is -0.104. The van der Waals surface area contributed by atoms with Crippen molar-refractivity contribution < 1.29 is 4.79 Å². The highest BCUT2D eigenvalue weighted by molar-refractivity contribution is 5.74. The summed E-state index contributed by atoms with van der Waals surface area (Å²) in [4.78, 5) is 10.0. The maximum atomic E-state index is 10.0. The van der Waals surface area contributed by atoms with Crippen LogP contribution in [0.1, 0.15) is 5.56 Å². The molecule has 0 unspecified atom stereocenters. The molecule has 1 aromatic rings. The fourth-order valence-corrected chi connectivity index (χ4v) is 0.911. The molecule has 1 rings (SSSR count). The zero-order chi connectivity index (χ0) is 8.81. The van der Waals surface area contributed by atoms with Crippen LogP contribution in [0.25, 0.3) is 6.08 Å². The topological polar surface area (TPSA) is 29.1 Å². The second kappa shape index (κ2) is 4.34. The highest BCUT2D eigenvalue weighted by Gasteiger charge is 1.86. The Labute approximate surface area is 71.9 Å². The van der Waals surface area contributed by atoms with Gasteiger partial charge in [0.05, 0.1) is 0 Å². The second-order valence-corrected chi connectivity index (χ2v) is 2.37. The lowest BCUT2D eigenvalue weighted by Gasteiger charge is -1.98. The average Bonchev–Trinajstić information content (AvgIpc) is 2.15. The molecule has 0 bridgehead atoms. The van der Waals surface area contributed by atoms with E-state index in [-0.39, 0.29) is 0 Å². The molecule has 0 saturated heterocycles. The Hall–Kier alpha value is -1.57. The van der Waals surface area contributed by atoms with Crippen molar-refractivity contribution >= 4 is 18.0 Å². The van der Waals surface area contributed by atoms with Gasteiger partial charge in [-0.1, -0.05) is 18.2 Å². The number of nitrogens with one attached hydrogen (secondary N) is 1. The lowest BCUT2D eigenvalue weighted by Crippen LogP contribution is -1.86. The van der Waals surface area contributed by atoms with E-state index in [1.165, 1.54) is 6.08 Å². The van der Waals surface area contributed by atoms with Gasteiger partial charge in [-0.25, -0.2) is 0 Å². The first kappa shape index (κ1) is 8.53. The van der Waals surface area contributed by atoms with E-state index in [9.17, 15) is 4.79 Å². The Morgan fingerprint density at radius 3 is 2.42 bits per heavy atom. The van der Waals surface area contributed by atoms with Gasteiger partial charge >= 0.3 is 0 Å². The first-order valence-corrected chi connectivity index (χ1v) is 3.76. The van der Waals surface area contributed by atoms with Gasteiger partial charge in [-0.05, 0) is 23.8 Å². The van der Waals surface area contributed by atoms with Gasteiger partial charge in [-0.2, -0.15) is 0 Å². The normalized spacial score (nSPS) is 10.1. The predicted molar refractivity (Wildman–Crippen MR) is 51.1 cm³/mol. The summed E-state index contributed by atoms with van der Waals surface area (Å²) >= 11 is 0. The van der Waals surface area contributed by atoms with Crippen LogP contribution >= 0.6 is 0 Å². The van der Waals surface area contributed by atoms with Crippen molar-refractivity contribution in [3.63, 3.8) is 0 Å². The van der Waals surface area contributed by atoms with Crippen LogP contribution in [0.15, 0.2) is 30.3 Å². The summed E-state index contributed by atoms with van der Waals surface area (Å²) < 4.78 is 0. The van der Waals surface area contributed by atoms with E-state index in [0.29, 0.717) is 0 Å². The molecule has 0 radical (unpaired) electrons. The molecule has 0 spiro atoms. The number of carbonyl (C=O) groups excluding carboxylic acids is 1. The number of benzene rings is 1.